The number of nitrogens with one attached hydrogen (secondary N) is 1. The SMILES string of the molecule is Cc1ccc(C(C)C)c(OCC(=O)OCC(=O)NCCCc2ccccc2)c1. The zero-order valence-electron chi connectivity index (χ0n) is 16.9. The van der Waals surface area contributed by atoms with Crippen molar-refractivity contribution >= 4 is 11.9 Å². The summed E-state index contributed by atoms with van der Waals surface area (Å²) in [7, 11) is 0. The molecular weight excluding hydrogens is 354 g/mol. The molecular formula is C23H29NO4. The molecule has 2 aromatic rings. The molecule has 0 fully saturated rings. The highest BCUT2D eigenvalue weighted by molar-refractivity contribution is 5.80. The first-order valence-corrected chi connectivity index (χ1v) is 9.65. The smallest absolute Gasteiger partial charge is 0.344 e. The highest BCUT2D eigenvalue weighted by Crippen LogP contribution is 2.27. The lowest BCUT2D eigenvalue weighted by Crippen LogP contribution is -2.30. The summed E-state index contributed by atoms with van der Waals surface area (Å²) in [4.78, 5) is 23.7. The van der Waals surface area contributed by atoms with Crippen LogP contribution in [0.5, 0.6) is 5.75 Å². The van der Waals surface area contributed by atoms with Crippen LogP contribution in [-0.4, -0.2) is 31.6 Å². The van der Waals surface area contributed by atoms with Crippen LogP contribution in [0.25, 0.3) is 0 Å². The minimum absolute atomic E-state index is 0.218. The monoisotopic (exact) mass is 383 g/mol. The molecule has 2 rings (SSSR count). The van der Waals surface area contributed by atoms with Crippen LogP contribution < -0.4 is 10.1 Å². The van der Waals surface area contributed by atoms with Crippen LogP contribution in [0.1, 0.15) is 42.9 Å². The molecule has 0 unspecified atom stereocenters. The number of benzene rings is 2. The first-order valence-electron chi connectivity index (χ1n) is 9.65. The first kappa shape index (κ1) is 21.5. The maximum Gasteiger partial charge on any atom is 0.344 e. The molecule has 150 valence electrons. The lowest BCUT2D eigenvalue weighted by molar-refractivity contribution is -0.150. The Bertz CT molecular complexity index is 771. The summed E-state index contributed by atoms with van der Waals surface area (Å²) >= 11 is 0. The van der Waals surface area contributed by atoms with Gasteiger partial charge in [-0.3, -0.25) is 4.79 Å². The Balaban J connectivity index is 1.65. The number of esters is 1. The molecule has 28 heavy (non-hydrogen) atoms. The second-order valence-electron chi connectivity index (χ2n) is 7.08. The normalized spacial score (nSPS) is 10.6. The third-order valence-corrected chi connectivity index (χ3v) is 4.31. The van der Waals surface area contributed by atoms with Crippen molar-refractivity contribution in [2.24, 2.45) is 0 Å². The van der Waals surface area contributed by atoms with Gasteiger partial charge in [-0.15, -0.1) is 0 Å². The summed E-state index contributed by atoms with van der Waals surface area (Å²) in [6, 6.07) is 16.0. The first-order chi connectivity index (χ1) is 13.5. The van der Waals surface area contributed by atoms with E-state index in [2.05, 4.69) is 31.3 Å². The van der Waals surface area contributed by atoms with Gasteiger partial charge in [0.2, 0.25) is 0 Å². The van der Waals surface area contributed by atoms with Gasteiger partial charge in [-0.05, 0) is 48.4 Å². The van der Waals surface area contributed by atoms with Crippen molar-refractivity contribution in [3.63, 3.8) is 0 Å². The molecule has 1 N–H and O–H groups in total. The van der Waals surface area contributed by atoms with Gasteiger partial charge in [0, 0.05) is 6.54 Å². The zero-order chi connectivity index (χ0) is 20.4. The van der Waals surface area contributed by atoms with E-state index in [0.717, 1.165) is 24.0 Å². The summed E-state index contributed by atoms with van der Waals surface area (Å²) in [5.74, 6) is 0.0982. The fourth-order valence-electron chi connectivity index (χ4n) is 2.78. The second-order valence-corrected chi connectivity index (χ2v) is 7.08. The number of hydrogen-bond acceptors (Lipinski definition) is 4. The summed E-state index contributed by atoms with van der Waals surface area (Å²) in [5.41, 5.74) is 3.33. The average molecular weight is 383 g/mol. The lowest BCUT2D eigenvalue weighted by Gasteiger charge is -2.14. The van der Waals surface area contributed by atoms with E-state index in [1.54, 1.807) is 0 Å². The van der Waals surface area contributed by atoms with Gasteiger partial charge in [0.25, 0.3) is 5.91 Å². The van der Waals surface area contributed by atoms with Crippen LogP contribution in [-0.2, 0) is 20.7 Å². The van der Waals surface area contributed by atoms with Crippen LogP contribution in [0.15, 0.2) is 48.5 Å². The molecule has 0 heterocycles. The molecule has 0 aliphatic carbocycles. The molecule has 0 saturated heterocycles. The second kappa shape index (κ2) is 11.1. The highest BCUT2D eigenvalue weighted by atomic mass is 16.6. The van der Waals surface area contributed by atoms with Crippen LogP contribution in [0.2, 0.25) is 0 Å². The number of carbonyl (C=O) groups is 2. The summed E-state index contributed by atoms with van der Waals surface area (Å²) in [6.07, 6.45) is 1.72. The molecule has 0 radical (unpaired) electrons. The Morgan fingerprint density at radius 1 is 1.04 bits per heavy atom. The maximum atomic E-state index is 11.9. The van der Waals surface area contributed by atoms with Crippen LogP contribution in [0.4, 0.5) is 0 Å². The van der Waals surface area contributed by atoms with E-state index < -0.39 is 5.97 Å². The van der Waals surface area contributed by atoms with E-state index in [4.69, 9.17) is 9.47 Å². The van der Waals surface area contributed by atoms with E-state index in [9.17, 15) is 9.59 Å². The topological polar surface area (TPSA) is 64.6 Å². The van der Waals surface area contributed by atoms with Gasteiger partial charge in [0.1, 0.15) is 5.75 Å². The van der Waals surface area contributed by atoms with E-state index in [-0.39, 0.29) is 25.0 Å². The average Bonchev–Trinajstić information content (AvgIpc) is 2.68. The molecule has 0 bridgehead atoms. The number of rotatable bonds is 10. The molecule has 5 heteroatoms. The lowest BCUT2D eigenvalue weighted by atomic mass is 10.0. The Kier molecular flexibility index (Phi) is 8.53. The molecule has 1 amide bonds. The van der Waals surface area contributed by atoms with Gasteiger partial charge >= 0.3 is 5.97 Å². The third kappa shape index (κ3) is 7.43. The Hall–Kier alpha value is -2.82. The number of carbonyl (C=O) groups excluding carboxylic acids is 2. The minimum Gasteiger partial charge on any atom is -0.482 e. The van der Waals surface area contributed by atoms with Gasteiger partial charge in [-0.1, -0.05) is 56.3 Å². The zero-order valence-corrected chi connectivity index (χ0v) is 16.9. The Morgan fingerprint density at radius 3 is 2.50 bits per heavy atom. The van der Waals surface area contributed by atoms with Crippen molar-refractivity contribution in [2.45, 2.75) is 39.5 Å². The molecule has 0 aliphatic rings. The van der Waals surface area contributed by atoms with Crippen molar-refractivity contribution in [3.05, 3.63) is 65.2 Å². The van der Waals surface area contributed by atoms with Crippen LogP contribution in [0, 0.1) is 6.92 Å². The van der Waals surface area contributed by atoms with Crippen molar-refractivity contribution in [3.8, 4) is 5.75 Å². The van der Waals surface area contributed by atoms with Crippen molar-refractivity contribution in [1.82, 2.24) is 5.32 Å². The standard InChI is InChI=1S/C23H29NO4/c1-17(2)20-12-11-18(3)14-21(20)27-16-23(26)28-15-22(25)24-13-7-10-19-8-5-4-6-9-19/h4-6,8-9,11-12,14,17H,7,10,13,15-16H2,1-3H3,(H,24,25). The highest BCUT2D eigenvalue weighted by Gasteiger charge is 2.12. The predicted octanol–water partition coefficient (Wildman–Crippen LogP) is 3.79. The van der Waals surface area contributed by atoms with E-state index in [1.165, 1.54) is 5.56 Å². The van der Waals surface area contributed by atoms with E-state index >= 15 is 0 Å². The Morgan fingerprint density at radius 2 is 1.79 bits per heavy atom. The van der Waals surface area contributed by atoms with E-state index in [1.807, 2.05) is 43.3 Å². The van der Waals surface area contributed by atoms with Gasteiger partial charge < -0.3 is 14.8 Å². The summed E-state index contributed by atoms with van der Waals surface area (Å²) < 4.78 is 10.6. The quantitative estimate of drug-likeness (QED) is 0.501. The fraction of sp³-hybridized carbons (Fsp3) is 0.391. The fourth-order valence-corrected chi connectivity index (χ4v) is 2.78. The minimum atomic E-state index is -0.560. The van der Waals surface area contributed by atoms with Crippen molar-refractivity contribution < 1.29 is 19.1 Å². The molecule has 0 saturated carbocycles. The van der Waals surface area contributed by atoms with Gasteiger partial charge in [0.15, 0.2) is 13.2 Å². The van der Waals surface area contributed by atoms with Crippen LogP contribution >= 0.6 is 0 Å². The molecule has 0 aromatic heterocycles. The van der Waals surface area contributed by atoms with Crippen LogP contribution in [0.3, 0.4) is 0 Å². The third-order valence-electron chi connectivity index (χ3n) is 4.31. The Labute approximate surface area is 167 Å². The number of hydrogen-bond donors (Lipinski definition) is 1. The van der Waals surface area contributed by atoms with Gasteiger partial charge in [-0.2, -0.15) is 0 Å². The molecule has 0 atom stereocenters. The summed E-state index contributed by atoms with van der Waals surface area (Å²) in [5, 5.41) is 2.76. The van der Waals surface area contributed by atoms with Crippen molar-refractivity contribution in [2.75, 3.05) is 19.8 Å². The largest absolute Gasteiger partial charge is 0.482 e. The van der Waals surface area contributed by atoms with Gasteiger partial charge in [-0.25, -0.2) is 4.79 Å². The molecule has 2 aromatic carbocycles. The predicted molar refractivity (Wildman–Crippen MR) is 109 cm³/mol. The number of aryl methyl sites for hydroxylation is 2. The molecule has 0 aliphatic heterocycles. The van der Waals surface area contributed by atoms with E-state index in [0.29, 0.717) is 12.3 Å². The summed E-state index contributed by atoms with van der Waals surface area (Å²) in [6.45, 7) is 6.14. The number of amides is 1. The van der Waals surface area contributed by atoms with Gasteiger partial charge in [0.05, 0.1) is 0 Å². The maximum absolute atomic E-state index is 11.9. The van der Waals surface area contributed by atoms with Crippen molar-refractivity contribution in [1.29, 1.82) is 0 Å². The molecule has 0 spiro atoms. The number of ether oxygens (including phenoxy) is 2. The molecule has 5 nitrogen and oxygen atoms in total.